The summed E-state index contributed by atoms with van der Waals surface area (Å²) in [7, 11) is 0. The number of fused-ring (bicyclic) bond motifs is 4. The van der Waals surface area contributed by atoms with Gasteiger partial charge in [0.2, 0.25) is 0 Å². The maximum absolute atomic E-state index is 12.9. The van der Waals surface area contributed by atoms with Crippen LogP contribution < -0.4 is 19.9 Å². The van der Waals surface area contributed by atoms with Gasteiger partial charge in [0.05, 0.1) is 11.7 Å². The Morgan fingerprint density at radius 3 is 2.66 bits per heavy atom. The molecule has 0 radical (unpaired) electrons. The Balaban J connectivity index is 1.62. The van der Waals surface area contributed by atoms with Crippen molar-refractivity contribution in [3.8, 4) is 5.75 Å². The van der Waals surface area contributed by atoms with Gasteiger partial charge in [-0.05, 0) is 30.7 Å². The highest BCUT2D eigenvalue weighted by Gasteiger charge is 2.41. The van der Waals surface area contributed by atoms with E-state index in [9.17, 15) is 22.8 Å². The van der Waals surface area contributed by atoms with Gasteiger partial charge < -0.3 is 15.0 Å². The topological polar surface area (TPSA) is 74.8 Å². The van der Waals surface area contributed by atoms with Crippen molar-refractivity contribution >= 4 is 23.5 Å². The SMILES string of the molecule is O=C(NCC(F)(F)F)c1ccc2c(n1)N(C(=O)Oc1ccccc1)[C@H]1CCN2C1. The van der Waals surface area contributed by atoms with Gasteiger partial charge in [0.25, 0.3) is 5.91 Å². The first kappa shape index (κ1) is 19.0. The molecule has 1 fully saturated rings. The molecular formula is C19H17F3N4O3. The summed E-state index contributed by atoms with van der Waals surface area (Å²) in [4.78, 5) is 32.6. The molecule has 1 atom stereocenters. The van der Waals surface area contributed by atoms with Gasteiger partial charge in [-0.1, -0.05) is 18.2 Å². The van der Waals surface area contributed by atoms with Crippen molar-refractivity contribution in [2.24, 2.45) is 0 Å². The van der Waals surface area contributed by atoms with Gasteiger partial charge in [0, 0.05) is 13.1 Å². The molecule has 1 aromatic carbocycles. The van der Waals surface area contributed by atoms with Gasteiger partial charge >= 0.3 is 12.3 Å². The second-order valence-corrected chi connectivity index (χ2v) is 6.78. The van der Waals surface area contributed by atoms with E-state index in [1.54, 1.807) is 41.7 Å². The van der Waals surface area contributed by atoms with E-state index in [4.69, 9.17) is 4.74 Å². The number of benzene rings is 1. The van der Waals surface area contributed by atoms with Crippen molar-refractivity contribution < 1.29 is 27.5 Å². The van der Waals surface area contributed by atoms with Gasteiger partial charge in [0.1, 0.15) is 18.0 Å². The van der Waals surface area contributed by atoms with Crippen LogP contribution in [0.25, 0.3) is 0 Å². The Kier molecular flexibility index (Phi) is 4.77. The van der Waals surface area contributed by atoms with Crippen LogP contribution in [0.1, 0.15) is 16.9 Å². The van der Waals surface area contributed by atoms with Crippen LogP contribution in [0.5, 0.6) is 5.75 Å². The summed E-state index contributed by atoms with van der Waals surface area (Å²) < 4.78 is 42.6. The second-order valence-electron chi connectivity index (χ2n) is 6.78. The van der Waals surface area contributed by atoms with E-state index >= 15 is 0 Å². The van der Waals surface area contributed by atoms with Gasteiger partial charge in [0.15, 0.2) is 5.82 Å². The monoisotopic (exact) mass is 406 g/mol. The Hall–Kier alpha value is -3.30. The molecule has 7 nitrogen and oxygen atoms in total. The molecule has 2 amide bonds. The average Bonchev–Trinajstić information content (AvgIpc) is 3.10. The fourth-order valence-electron chi connectivity index (χ4n) is 3.48. The summed E-state index contributed by atoms with van der Waals surface area (Å²) in [6.45, 7) is -0.161. The third kappa shape index (κ3) is 3.96. The zero-order chi connectivity index (χ0) is 20.6. The van der Waals surface area contributed by atoms with Gasteiger partial charge in [-0.2, -0.15) is 13.2 Å². The Labute approximate surface area is 164 Å². The third-order valence-electron chi connectivity index (χ3n) is 4.78. The quantitative estimate of drug-likeness (QED) is 0.848. The minimum atomic E-state index is -4.53. The number of hydrogen-bond acceptors (Lipinski definition) is 5. The zero-order valence-corrected chi connectivity index (χ0v) is 15.1. The summed E-state index contributed by atoms with van der Waals surface area (Å²) in [5.41, 5.74) is 0.434. The van der Waals surface area contributed by atoms with E-state index < -0.39 is 24.7 Å². The molecule has 152 valence electrons. The molecule has 0 aliphatic carbocycles. The molecule has 0 saturated carbocycles. The van der Waals surface area contributed by atoms with Crippen LogP contribution in [0.2, 0.25) is 0 Å². The zero-order valence-electron chi connectivity index (χ0n) is 15.1. The highest BCUT2D eigenvalue weighted by Crippen LogP contribution is 2.39. The molecule has 1 N–H and O–H groups in total. The van der Waals surface area contributed by atoms with E-state index in [1.165, 1.54) is 11.0 Å². The lowest BCUT2D eigenvalue weighted by Gasteiger charge is -2.35. The average molecular weight is 406 g/mol. The summed E-state index contributed by atoms with van der Waals surface area (Å²) in [6.07, 6.45) is -4.49. The number of amides is 2. The molecule has 0 spiro atoms. The number of ether oxygens (including phenoxy) is 1. The summed E-state index contributed by atoms with van der Waals surface area (Å²) in [5, 5.41) is 1.79. The minimum Gasteiger partial charge on any atom is -0.410 e. The number of hydrogen-bond donors (Lipinski definition) is 1. The van der Waals surface area contributed by atoms with Gasteiger partial charge in [-0.3, -0.25) is 9.69 Å². The predicted molar refractivity (Wildman–Crippen MR) is 98.2 cm³/mol. The summed E-state index contributed by atoms with van der Waals surface area (Å²) in [6, 6.07) is 11.3. The molecule has 2 aliphatic heterocycles. The number of carbonyl (C=O) groups excluding carboxylic acids is 2. The van der Waals surface area contributed by atoms with E-state index in [2.05, 4.69) is 4.98 Å². The third-order valence-corrected chi connectivity index (χ3v) is 4.78. The fourth-order valence-corrected chi connectivity index (χ4v) is 3.48. The first-order valence-electron chi connectivity index (χ1n) is 8.99. The van der Waals surface area contributed by atoms with Crippen LogP contribution in [0, 0.1) is 0 Å². The van der Waals surface area contributed by atoms with Crippen LogP contribution in [0.3, 0.4) is 0 Å². The minimum absolute atomic E-state index is 0.195. The maximum atomic E-state index is 12.9. The summed E-state index contributed by atoms with van der Waals surface area (Å²) in [5.74, 6) is -0.396. The number of nitrogens with zero attached hydrogens (tertiary/aromatic N) is 3. The van der Waals surface area contributed by atoms with Crippen molar-refractivity contribution in [2.75, 3.05) is 29.4 Å². The normalized spacial score (nSPS) is 17.7. The van der Waals surface area contributed by atoms with Crippen LogP contribution in [0.15, 0.2) is 42.5 Å². The molecule has 1 saturated heterocycles. The van der Waals surface area contributed by atoms with E-state index in [1.807, 2.05) is 4.90 Å². The van der Waals surface area contributed by atoms with Crippen molar-refractivity contribution in [2.45, 2.75) is 18.6 Å². The molecule has 3 heterocycles. The first-order valence-corrected chi connectivity index (χ1v) is 8.99. The highest BCUT2D eigenvalue weighted by molar-refractivity contribution is 5.98. The van der Waals surface area contributed by atoms with Crippen LogP contribution in [-0.2, 0) is 0 Å². The Morgan fingerprint density at radius 2 is 1.93 bits per heavy atom. The van der Waals surface area contributed by atoms with Gasteiger partial charge in [-0.15, -0.1) is 0 Å². The second kappa shape index (κ2) is 7.26. The molecule has 1 aromatic heterocycles. The number of alkyl halides is 3. The molecule has 4 rings (SSSR count). The largest absolute Gasteiger partial charge is 0.421 e. The Morgan fingerprint density at radius 1 is 1.17 bits per heavy atom. The molecular weight excluding hydrogens is 389 g/mol. The smallest absolute Gasteiger partial charge is 0.410 e. The number of anilines is 2. The number of halogens is 3. The van der Waals surface area contributed by atoms with Crippen molar-refractivity contribution in [1.82, 2.24) is 10.3 Å². The highest BCUT2D eigenvalue weighted by atomic mass is 19.4. The lowest BCUT2D eigenvalue weighted by molar-refractivity contribution is -0.123. The van der Waals surface area contributed by atoms with Crippen LogP contribution >= 0.6 is 0 Å². The molecule has 2 aromatic rings. The fraction of sp³-hybridized carbons (Fsp3) is 0.316. The standard InChI is InChI=1S/C19H17F3N4O3/c20-19(21,22)11-23-17(27)14-6-7-15-16(24-14)26(12-8-9-25(15)10-12)18(28)29-13-4-2-1-3-5-13/h1-7,12H,8-11H2,(H,23,27)/t12-/m0/s1. The number of rotatable bonds is 3. The number of para-hydroxylation sites is 1. The van der Waals surface area contributed by atoms with E-state index in [-0.39, 0.29) is 17.6 Å². The maximum Gasteiger partial charge on any atom is 0.421 e. The van der Waals surface area contributed by atoms with Crippen molar-refractivity contribution in [3.63, 3.8) is 0 Å². The molecule has 10 heteroatoms. The molecule has 2 bridgehead atoms. The van der Waals surface area contributed by atoms with Crippen LogP contribution in [0.4, 0.5) is 29.5 Å². The van der Waals surface area contributed by atoms with Crippen LogP contribution in [-0.4, -0.2) is 48.8 Å². The summed E-state index contributed by atoms with van der Waals surface area (Å²) >= 11 is 0. The molecule has 29 heavy (non-hydrogen) atoms. The van der Waals surface area contributed by atoms with Crippen molar-refractivity contribution in [1.29, 1.82) is 0 Å². The van der Waals surface area contributed by atoms with E-state index in [0.29, 0.717) is 30.9 Å². The number of pyridine rings is 1. The van der Waals surface area contributed by atoms with Gasteiger partial charge in [-0.25, -0.2) is 9.78 Å². The predicted octanol–water partition coefficient (Wildman–Crippen LogP) is 2.97. The lowest BCUT2D eigenvalue weighted by Crippen LogP contribution is -2.48. The lowest BCUT2D eigenvalue weighted by atomic mass is 10.2. The number of carbonyl (C=O) groups is 2. The van der Waals surface area contributed by atoms with Crippen molar-refractivity contribution in [3.05, 3.63) is 48.2 Å². The Bertz CT molecular complexity index is 936. The van der Waals surface area contributed by atoms with E-state index in [0.717, 1.165) is 0 Å². The number of aromatic nitrogens is 1. The molecule has 2 aliphatic rings. The molecule has 0 unspecified atom stereocenters. The number of nitrogens with one attached hydrogen (secondary N) is 1. The first-order chi connectivity index (χ1) is 13.8.